The van der Waals surface area contributed by atoms with Crippen molar-refractivity contribution in [2.45, 2.75) is 39.2 Å². The first-order valence-corrected chi connectivity index (χ1v) is 10.4. The Morgan fingerprint density at radius 3 is 2.71 bits per heavy atom. The van der Waals surface area contributed by atoms with Crippen molar-refractivity contribution >= 4 is 5.96 Å². The highest BCUT2D eigenvalue weighted by molar-refractivity contribution is 5.79. The van der Waals surface area contributed by atoms with Gasteiger partial charge in [-0.15, -0.1) is 0 Å². The van der Waals surface area contributed by atoms with Crippen molar-refractivity contribution in [3.05, 3.63) is 42.3 Å². The summed E-state index contributed by atoms with van der Waals surface area (Å²) in [6.45, 7) is 7.62. The average Bonchev–Trinajstić information content (AvgIpc) is 3.21. The van der Waals surface area contributed by atoms with Crippen molar-refractivity contribution in [3.63, 3.8) is 0 Å². The fourth-order valence-corrected chi connectivity index (χ4v) is 3.45. The molecular weight excluding hydrogens is 350 g/mol. The lowest BCUT2D eigenvalue weighted by Gasteiger charge is -2.30. The molecule has 2 heterocycles. The third-order valence-electron chi connectivity index (χ3n) is 5.30. The van der Waals surface area contributed by atoms with Crippen LogP contribution in [0.25, 0.3) is 11.5 Å². The number of nitrogens with zero attached hydrogens (tertiary/aromatic N) is 3. The van der Waals surface area contributed by atoms with Gasteiger partial charge in [0.2, 0.25) is 5.89 Å². The number of rotatable bonds is 8. The van der Waals surface area contributed by atoms with Gasteiger partial charge >= 0.3 is 0 Å². The summed E-state index contributed by atoms with van der Waals surface area (Å²) >= 11 is 0. The predicted molar refractivity (Wildman–Crippen MR) is 114 cm³/mol. The summed E-state index contributed by atoms with van der Waals surface area (Å²) in [5.74, 6) is 2.35. The zero-order chi connectivity index (χ0) is 19.6. The summed E-state index contributed by atoms with van der Waals surface area (Å²) in [6.07, 6.45) is 6.77. The topological polar surface area (TPSA) is 65.7 Å². The van der Waals surface area contributed by atoms with E-state index in [1.807, 2.05) is 30.3 Å². The van der Waals surface area contributed by atoms with Crippen LogP contribution in [0.5, 0.6) is 0 Å². The van der Waals surface area contributed by atoms with E-state index < -0.39 is 0 Å². The Kier molecular flexibility index (Phi) is 7.91. The Bertz CT molecular complexity index is 720. The van der Waals surface area contributed by atoms with Crippen LogP contribution in [0.3, 0.4) is 0 Å². The Morgan fingerprint density at radius 2 is 1.96 bits per heavy atom. The van der Waals surface area contributed by atoms with Gasteiger partial charge in [-0.25, -0.2) is 4.98 Å². The first-order chi connectivity index (χ1) is 13.7. The highest BCUT2D eigenvalue weighted by atomic mass is 16.3. The average molecular weight is 384 g/mol. The van der Waals surface area contributed by atoms with E-state index in [0.29, 0.717) is 12.4 Å². The number of oxazole rings is 1. The van der Waals surface area contributed by atoms with E-state index in [-0.39, 0.29) is 0 Å². The zero-order valence-corrected chi connectivity index (χ0v) is 17.2. The normalized spacial score (nSPS) is 16.3. The van der Waals surface area contributed by atoms with Crippen molar-refractivity contribution < 1.29 is 4.42 Å². The first kappa shape index (κ1) is 20.4. The van der Waals surface area contributed by atoms with Gasteiger partial charge in [0.25, 0.3) is 0 Å². The van der Waals surface area contributed by atoms with Gasteiger partial charge in [0.15, 0.2) is 5.96 Å². The van der Waals surface area contributed by atoms with Crippen LogP contribution in [-0.2, 0) is 6.54 Å². The largest absolute Gasteiger partial charge is 0.444 e. The molecule has 1 aromatic heterocycles. The standard InChI is InChI=1S/C22H33N5O/c1-18-10-14-27(15-11-18)13-7-6-12-24-22(23-2)25-16-20-17-28-21(26-20)19-8-4-3-5-9-19/h3-5,8-9,17-18H,6-7,10-16H2,1-2H3,(H2,23,24,25). The molecule has 0 spiro atoms. The van der Waals surface area contributed by atoms with Crippen LogP contribution in [0, 0.1) is 5.92 Å². The molecule has 0 radical (unpaired) electrons. The van der Waals surface area contributed by atoms with Gasteiger partial charge in [-0.1, -0.05) is 25.1 Å². The second-order valence-electron chi connectivity index (χ2n) is 7.59. The Hall–Kier alpha value is -2.34. The fourth-order valence-electron chi connectivity index (χ4n) is 3.45. The maximum Gasteiger partial charge on any atom is 0.226 e. The summed E-state index contributed by atoms with van der Waals surface area (Å²) in [6, 6.07) is 9.93. The number of aromatic nitrogens is 1. The highest BCUT2D eigenvalue weighted by Crippen LogP contribution is 2.18. The Balaban J connectivity index is 1.32. The van der Waals surface area contributed by atoms with Crippen LogP contribution < -0.4 is 10.6 Å². The lowest BCUT2D eigenvalue weighted by Crippen LogP contribution is -2.38. The summed E-state index contributed by atoms with van der Waals surface area (Å²) in [5, 5.41) is 6.69. The molecule has 6 heteroatoms. The maximum absolute atomic E-state index is 5.58. The molecule has 0 amide bonds. The predicted octanol–water partition coefficient (Wildman–Crippen LogP) is 3.52. The van der Waals surface area contributed by atoms with Gasteiger partial charge in [0, 0.05) is 19.2 Å². The van der Waals surface area contributed by atoms with Gasteiger partial charge in [-0.3, -0.25) is 4.99 Å². The van der Waals surface area contributed by atoms with Crippen LogP contribution in [0.15, 0.2) is 46.0 Å². The molecule has 1 saturated heterocycles. The van der Waals surface area contributed by atoms with Crippen LogP contribution in [0.1, 0.15) is 38.3 Å². The van der Waals surface area contributed by atoms with E-state index in [4.69, 9.17) is 4.42 Å². The van der Waals surface area contributed by atoms with Crippen molar-refractivity contribution in [1.29, 1.82) is 0 Å². The van der Waals surface area contributed by atoms with Crippen molar-refractivity contribution in [2.75, 3.05) is 33.2 Å². The van der Waals surface area contributed by atoms with Crippen LogP contribution in [-0.4, -0.2) is 49.1 Å². The molecule has 2 N–H and O–H groups in total. The number of likely N-dealkylation sites (tertiary alicyclic amines) is 1. The SMILES string of the molecule is CN=C(NCCCCN1CCC(C)CC1)NCc1coc(-c2ccccc2)n1. The lowest BCUT2D eigenvalue weighted by molar-refractivity contribution is 0.189. The highest BCUT2D eigenvalue weighted by Gasteiger charge is 2.14. The van der Waals surface area contributed by atoms with E-state index in [1.165, 1.54) is 38.9 Å². The number of aliphatic imine (C=N–C) groups is 1. The smallest absolute Gasteiger partial charge is 0.226 e. The molecule has 6 nitrogen and oxygen atoms in total. The summed E-state index contributed by atoms with van der Waals surface area (Å²) in [5.41, 5.74) is 1.85. The third kappa shape index (κ3) is 6.37. The molecule has 0 atom stereocenters. The number of piperidine rings is 1. The van der Waals surface area contributed by atoms with E-state index >= 15 is 0 Å². The second-order valence-corrected chi connectivity index (χ2v) is 7.59. The van der Waals surface area contributed by atoms with Crippen molar-refractivity contribution in [2.24, 2.45) is 10.9 Å². The number of hydrogen-bond acceptors (Lipinski definition) is 4. The molecular formula is C22H33N5O. The quantitative estimate of drug-likeness (QED) is 0.415. The van der Waals surface area contributed by atoms with Crippen LogP contribution in [0.4, 0.5) is 0 Å². The number of unbranched alkanes of at least 4 members (excludes halogenated alkanes) is 1. The van der Waals surface area contributed by atoms with Gasteiger partial charge in [0.1, 0.15) is 6.26 Å². The molecule has 0 aliphatic carbocycles. The Labute approximate surface area is 168 Å². The van der Waals surface area contributed by atoms with Gasteiger partial charge in [-0.2, -0.15) is 0 Å². The Morgan fingerprint density at radius 1 is 1.18 bits per heavy atom. The number of guanidine groups is 1. The van der Waals surface area contributed by atoms with E-state index in [0.717, 1.165) is 36.1 Å². The zero-order valence-electron chi connectivity index (χ0n) is 17.2. The lowest BCUT2D eigenvalue weighted by atomic mass is 9.99. The first-order valence-electron chi connectivity index (χ1n) is 10.4. The number of nitrogens with one attached hydrogen (secondary N) is 2. The molecule has 3 rings (SSSR count). The molecule has 0 saturated carbocycles. The van der Waals surface area contributed by atoms with Crippen molar-refractivity contribution in [1.82, 2.24) is 20.5 Å². The van der Waals surface area contributed by atoms with Crippen LogP contribution in [0.2, 0.25) is 0 Å². The molecule has 1 aliphatic rings. The third-order valence-corrected chi connectivity index (χ3v) is 5.30. The van der Waals surface area contributed by atoms with Crippen molar-refractivity contribution in [3.8, 4) is 11.5 Å². The maximum atomic E-state index is 5.58. The van der Waals surface area contributed by atoms with E-state index in [1.54, 1.807) is 13.3 Å². The molecule has 152 valence electrons. The molecule has 2 aromatic rings. The molecule has 1 fully saturated rings. The van der Waals surface area contributed by atoms with Gasteiger partial charge in [-0.05, 0) is 63.4 Å². The summed E-state index contributed by atoms with van der Waals surface area (Å²) in [7, 11) is 1.79. The number of benzene rings is 1. The van der Waals surface area contributed by atoms with E-state index in [9.17, 15) is 0 Å². The van der Waals surface area contributed by atoms with Crippen LogP contribution >= 0.6 is 0 Å². The fraction of sp³-hybridized carbons (Fsp3) is 0.545. The monoisotopic (exact) mass is 383 g/mol. The molecule has 1 aromatic carbocycles. The summed E-state index contributed by atoms with van der Waals surface area (Å²) < 4.78 is 5.58. The number of hydrogen-bond donors (Lipinski definition) is 2. The molecule has 1 aliphatic heterocycles. The minimum atomic E-state index is 0.585. The van der Waals surface area contributed by atoms with Gasteiger partial charge in [0.05, 0.1) is 12.2 Å². The second kappa shape index (κ2) is 10.9. The van der Waals surface area contributed by atoms with Gasteiger partial charge < -0.3 is 20.0 Å². The molecule has 0 bridgehead atoms. The minimum Gasteiger partial charge on any atom is -0.444 e. The summed E-state index contributed by atoms with van der Waals surface area (Å²) in [4.78, 5) is 11.4. The molecule has 0 unspecified atom stereocenters. The minimum absolute atomic E-state index is 0.585. The van der Waals surface area contributed by atoms with E-state index in [2.05, 4.69) is 32.4 Å². The molecule has 28 heavy (non-hydrogen) atoms.